The predicted molar refractivity (Wildman–Crippen MR) is 82.7 cm³/mol. The molecule has 104 valence electrons. The Hall–Kier alpha value is -1.80. The minimum Gasteiger partial charge on any atom is -0.497 e. The van der Waals surface area contributed by atoms with Crippen LogP contribution in [-0.2, 0) is 0 Å². The SMILES string of the molecule is COc1ccc(-c2ccc(C(=O)CCCCl)cc2)cc1. The molecular weight excluding hydrogens is 272 g/mol. The second kappa shape index (κ2) is 7.11. The zero-order chi connectivity index (χ0) is 14.4. The van der Waals surface area contributed by atoms with Gasteiger partial charge in [0.05, 0.1) is 7.11 Å². The monoisotopic (exact) mass is 288 g/mol. The molecule has 0 aromatic heterocycles. The van der Waals surface area contributed by atoms with Crippen molar-refractivity contribution in [1.29, 1.82) is 0 Å². The third-order valence-corrected chi connectivity index (χ3v) is 3.43. The van der Waals surface area contributed by atoms with E-state index in [0.717, 1.165) is 28.9 Å². The number of hydrogen-bond acceptors (Lipinski definition) is 2. The summed E-state index contributed by atoms with van der Waals surface area (Å²) in [5.41, 5.74) is 2.93. The first-order valence-electron chi connectivity index (χ1n) is 6.58. The third kappa shape index (κ3) is 3.61. The maximum absolute atomic E-state index is 11.9. The molecule has 2 rings (SSSR count). The summed E-state index contributed by atoms with van der Waals surface area (Å²) in [4.78, 5) is 11.9. The van der Waals surface area contributed by atoms with Crippen molar-refractivity contribution in [2.24, 2.45) is 0 Å². The second-order valence-electron chi connectivity index (χ2n) is 4.52. The molecule has 0 unspecified atom stereocenters. The lowest BCUT2D eigenvalue weighted by atomic mass is 10.0. The van der Waals surface area contributed by atoms with Crippen molar-refractivity contribution in [3.63, 3.8) is 0 Å². The Morgan fingerprint density at radius 3 is 2.05 bits per heavy atom. The zero-order valence-electron chi connectivity index (χ0n) is 11.4. The van der Waals surface area contributed by atoms with Crippen LogP contribution in [0.4, 0.5) is 0 Å². The van der Waals surface area contributed by atoms with Gasteiger partial charge >= 0.3 is 0 Å². The summed E-state index contributed by atoms with van der Waals surface area (Å²) in [5.74, 6) is 1.50. The van der Waals surface area contributed by atoms with Crippen LogP contribution in [0.25, 0.3) is 11.1 Å². The van der Waals surface area contributed by atoms with E-state index in [2.05, 4.69) is 0 Å². The van der Waals surface area contributed by atoms with Crippen LogP contribution in [0.3, 0.4) is 0 Å². The molecule has 2 aromatic carbocycles. The lowest BCUT2D eigenvalue weighted by Gasteiger charge is -2.05. The van der Waals surface area contributed by atoms with E-state index in [1.807, 2.05) is 48.5 Å². The van der Waals surface area contributed by atoms with Crippen molar-refractivity contribution < 1.29 is 9.53 Å². The molecule has 0 bridgehead atoms. The van der Waals surface area contributed by atoms with E-state index in [0.29, 0.717) is 12.3 Å². The average molecular weight is 289 g/mol. The fourth-order valence-corrected chi connectivity index (χ4v) is 2.14. The van der Waals surface area contributed by atoms with Crippen LogP contribution in [0.15, 0.2) is 48.5 Å². The fraction of sp³-hybridized carbons (Fsp3) is 0.235. The van der Waals surface area contributed by atoms with Crippen molar-refractivity contribution in [1.82, 2.24) is 0 Å². The van der Waals surface area contributed by atoms with E-state index in [4.69, 9.17) is 16.3 Å². The molecule has 3 heteroatoms. The number of carbonyl (C=O) groups is 1. The topological polar surface area (TPSA) is 26.3 Å². The molecule has 0 heterocycles. The van der Waals surface area contributed by atoms with Gasteiger partial charge in [0, 0.05) is 17.9 Å². The smallest absolute Gasteiger partial charge is 0.162 e. The lowest BCUT2D eigenvalue weighted by molar-refractivity contribution is 0.0982. The number of carbonyl (C=O) groups excluding carboxylic acids is 1. The summed E-state index contributed by atoms with van der Waals surface area (Å²) in [5, 5.41) is 0. The van der Waals surface area contributed by atoms with Crippen LogP contribution < -0.4 is 4.74 Å². The molecule has 0 amide bonds. The Labute approximate surface area is 124 Å². The average Bonchev–Trinajstić information content (AvgIpc) is 2.53. The Kier molecular flexibility index (Phi) is 5.19. The van der Waals surface area contributed by atoms with Crippen LogP contribution in [0.5, 0.6) is 5.75 Å². The third-order valence-electron chi connectivity index (χ3n) is 3.17. The molecule has 0 spiro atoms. The molecule has 0 aliphatic rings. The predicted octanol–water partition coefficient (Wildman–Crippen LogP) is 4.56. The van der Waals surface area contributed by atoms with E-state index in [9.17, 15) is 4.79 Å². The fourth-order valence-electron chi connectivity index (χ4n) is 2.00. The van der Waals surface area contributed by atoms with Gasteiger partial charge in [0.2, 0.25) is 0 Å². The lowest BCUT2D eigenvalue weighted by Crippen LogP contribution is -1.98. The molecule has 2 aromatic rings. The highest BCUT2D eigenvalue weighted by Crippen LogP contribution is 2.23. The first-order chi connectivity index (χ1) is 9.74. The van der Waals surface area contributed by atoms with Crippen LogP contribution in [-0.4, -0.2) is 18.8 Å². The van der Waals surface area contributed by atoms with Crippen molar-refractivity contribution in [3.8, 4) is 16.9 Å². The second-order valence-corrected chi connectivity index (χ2v) is 4.90. The first-order valence-corrected chi connectivity index (χ1v) is 7.11. The number of hydrogen-bond donors (Lipinski definition) is 0. The summed E-state index contributed by atoms with van der Waals surface area (Å²) in [6.07, 6.45) is 1.23. The van der Waals surface area contributed by atoms with Crippen molar-refractivity contribution in [2.45, 2.75) is 12.8 Å². The van der Waals surface area contributed by atoms with Gasteiger partial charge in [-0.1, -0.05) is 36.4 Å². The molecule has 0 aliphatic carbocycles. The standard InChI is InChI=1S/C17H17ClO2/c1-20-16-10-8-14(9-11-16)13-4-6-15(7-5-13)17(19)3-2-12-18/h4-11H,2-3,12H2,1H3. The van der Waals surface area contributed by atoms with E-state index < -0.39 is 0 Å². The van der Waals surface area contributed by atoms with Crippen LogP contribution in [0.2, 0.25) is 0 Å². The van der Waals surface area contributed by atoms with Crippen molar-refractivity contribution >= 4 is 17.4 Å². The molecule has 0 aliphatic heterocycles. The normalized spacial score (nSPS) is 10.3. The number of alkyl halides is 1. The van der Waals surface area contributed by atoms with E-state index in [-0.39, 0.29) is 5.78 Å². The molecule has 0 radical (unpaired) electrons. The Balaban J connectivity index is 2.12. The van der Waals surface area contributed by atoms with Crippen molar-refractivity contribution in [3.05, 3.63) is 54.1 Å². The highest BCUT2D eigenvalue weighted by Gasteiger charge is 2.05. The number of Topliss-reactive ketones (excluding diaryl/α,β-unsaturated/α-hetero) is 1. The number of rotatable bonds is 6. The summed E-state index contributed by atoms with van der Waals surface area (Å²) >= 11 is 5.60. The molecule has 2 nitrogen and oxygen atoms in total. The number of methoxy groups -OCH3 is 1. The Morgan fingerprint density at radius 1 is 1.00 bits per heavy atom. The largest absolute Gasteiger partial charge is 0.497 e. The van der Waals surface area contributed by atoms with Crippen LogP contribution in [0, 0.1) is 0 Å². The molecule has 0 fully saturated rings. The van der Waals surface area contributed by atoms with Crippen molar-refractivity contribution in [2.75, 3.05) is 13.0 Å². The summed E-state index contributed by atoms with van der Waals surface area (Å²) in [6, 6.07) is 15.5. The first kappa shape index (κ1) is 14.6. The summed E-state index contributed by atoms with van der Waals surface area (Å²) in [6.45, 7) is 0. The molecule has 20 heavy (non-hydrogen) atoms. The molecule has 0 atom stereocenters. The number of halogens is 1. The number of benzene rings is 2. The summed E-state index contributed by atoms with van der Waals surface area (Å²) in [7, 11) is 1.65. The van der Waals surface area contributed by atoms with Gasteiger partial charge in [-0.15, -0.1) is 11.6 Å². The number of ketones is 1. The minimum atomic E-state index is 0.145. The van der Waals surface area contributed by atoms with E-state index in [1.54, 1.807) is 7.11 Å². The maximum atomic E-state index is 11.9. The van der Waals surface area contributed by atoms with Crippen LogP contribution >= 0.6 is 11.6 Å². The Morgan fingerprint density at radius 2 is 1.55 bits per heavy atom. The quantitative estimate of drug-likeness (QED) is 0.575. The highest BCUT2D eigenvalue weighted by atomic mass is 35.5. The van der Waals surface area contributed by atoms with Gasteiger partial charge in [0.15, 0.2) is 5.78 Å². The zero-order valence-corrected chi connectivity index (χ0v) is 12.2. The molecule has 0 saturated heterocycles. The van der Waals surface area contributed by atoms with Gasteiger partial charge in [-0.05, 0) is 29.7 Å². The van der Waals surface area contributed by atoms with E-state index >= 15 is 0 Å². The van der Waals surface area contributed by atoms with Gasteiger partial charge < -0.3 is 4.74 Å². The number of ether oxygens (including phenoxy) is 1. The summed E-state index contributed by atoms with van der Waals surface area (Å²) < 4.78 is 5.14. The van der Waals surface area contributed by atoms with Gasteiger partial charge in [-0.2, -0.15) is 0 Å². The van der Waals surface area contributed by atoms with Gasteiger partial charge in [-0.25, -0.2) is 0 Å². The van der Waals surface area contributed by atoms with Gasteiger partial charge in [0.1, 0.15) is 5.75 Å². The maximum Gasteiger partial charge on any atom is 0.162 e. The van der Waals surface area contributed by atoms with Crippen LogP contribution in [0.1, 0.15) is 23.2 Å². The minimum absolute atomic E-state index is 0.145. The molecule has 0 N–H and O–H groups in total. The van der Waals surface area contributed by atoms with Gasteiger partial charge in [-0.3, -0.25) is 4.79 Å². The van der Waals surface area contributed by atoms with Gasteiger partial charge in [0.25, 0.3) is 0 Å². The van der Waals surface area contributed by atoms with E-state index in [1.165, 1.54) is 0 Å². The highest BCUT2D eigenvalue weighted by molar-refractivity contribution is 6.18. The molecule has 0 saturated carbocycles. The Bertz CT molecular complexity index is 559. The molecular formula is C17H17ClO2.